The van der Waals surface area contributed by atoms with Crippen LogP contribution in [0.3, 0.4) is 0 Å². The molecule has 2 aromatic carbocycles. The number of anilines is 1. The average molecular weight is 255 g/mol. The normalized spacial score (nSPS) is 9.89. The van der Waals surface area contributed by atoms with Gasteiger partial charge in [0.15, 0.2) is 6.29 Å². The Hall–Kier alpha value is -2.62. The molecule has 96 valence electrons. The molecular formula is C15H13NO3. The Morgan fingerprint density at radius 1 is 1.05 bits per heavy atom. The maximum Gasteiger partial charge on any atom is 0.412 e. The van der Waals surface area contributed by atoms with E-state index in [0.29, 0.717) is 17.5 Å². The van der Waals surface area contributed by atoms with Gasteiger partial charge in [0.1, 0.15) is 0 Å². The first-order valence-corrected chi connectivity index (χ1v) is 5.81. The fraction of sp³-hybridized carbons (Fsp3) is 0.0667. The van der Waals surface area contributed by atoms with E-state index in [1.165, 1.54) is 4.90 Å². The van der Waals surface area contributed by atoms with Gasteiger partial charge in [-0.05, 0) is 17.7 Å². The lowest BCUT2D eigenvalue weighted by molar-refractivity contribution is 0.112. The maximum atomic E-state index is 11.4. The van der Waals surface area contributed by atoms with Crippen molar-refractivity contribution in [3.8, 4) is 0 Å². The van der Waals surface area contributed by atoms with Gasteiger partial charge in [0.25, 0.3) is 0 Å². The minimum Gasteiger partial charge on any atom is -0.465 e. The third-order valence-corrected chi connectivity index (χ3v) is 2.77. The van der Waals surface area contributed by atoms with E-state index in [4.69, 9.17) is 0 Å². The summed E-state index contributed by atoms with van der Waals surface area (Å²) in [4.78, 5) is 23.5. The Morgan fingerprint density at radius 2 is 1.68 bits per heavy atom. The van der Waals surface area contributed by atoms with E-state index >= 15 is 0 Å². The summed E-state index contributed by atoms with van der Waals surface area (Å²) in [5.41, 5.74) is 1.63. The van der Waals surface area contributed by atoms with E-state index in [9.17, 15) is 14.7 Å². The van der Waals surface area contributed by atoms with Gasteiger partial charge >= 0.3 is 6.09 Å². The molecule has 0 aliphatic carbocycles. The number of para-hydroxylation sites is 1. The van der Waals surface area contributed by atoms with Crippen molar-refractivity contribution in [2.75, 3.05) is 4.90 Å². The molecule has 0 bridgehead atoms. The number of amides is 1. The number of benzene rings is 2. The van der Waals surface area contributed by atoms with Crippen molar-refractivity contribution in [3.05, 3.63) is 65.7 Å². The van der Waals surface area contributed by atoms with E-state index in [2.05, 4.69) is 0 Å². The molecular weight excluding hydrogens is 242 g/mol. The summed E-state index contributed by atoms with van der Waals surface area (Å²) in [6.07, 6.45) is -0.422. The molecule has 0 saturated carbocycles. The topological polar surface area (TPSA) is 57.6 Å². The van der Waals surface area contributed by atoms with E-state index in [-0.39, 0.29) is 6.54 Å². The highest BCUT2D eigenvalue weighted by atomic mass is 16.4. The number of nitrogens with zero attached hydrogens (tertiary/aromatic N) is 1. The molecule has 1 amide bonds. The van der Waals surface area contributed by atoms with Gasteiger partial charge < -0.3 is 5.11 Å². The standard InChI is InChI=1S/C15H13NO3/c17-11-13-8-4-5-9-14(13)16(15(18)19)10-12-6-2-1-3-7-12/h1-9,11H,10H2,(H,18,19). The molecule has 0 atom stereocenters. The van der Waals surface area contributed by atoms with Gasteiger partial charge in [-0.25, -0.2) is 4.79 Å². The van der Waals surface area contributed by atoms with Crippen LogP contribution >= 0.6 is 0 Å². The molecule has 2 aromatic rings. The van der Waals surface area contributed by atoms with Crippen LogP contribution in [0.25, 0.3) is 0 Å². The van der Waals surface area contributed by atoms with E-state index in [1.54, 1.807) is 24.3 Å². The van der Waals surface area contributed by atoms with Crippen LogP contribution < -0.4 is 4.90 Å². The molecule has 4 nitrogen and oxygen atoms in total. The molecule has 0 aliphatic rings. The molecule has 0 unspecified atom stereocenters. The first-order chi connectivity index (χ1) is 9.22. The zero-order valence-electron chi connectivity index (χ0n) is 10.2. The minimum absolute atomic E-state index is 0.209. The second-order valence-corrected chi connectivity index (χ2v) is 4.03. The quantitative estimate of drug-likeness (QED) is 0.853. The Morgan fingerprint density at radius 3 is 2.32 bits per heavy atom. The monoisotopic (exact) mass is 255 g/mol. The van der Waals surface area contributed by atoms with Crippen molar-refractivity contribution in [1.29, 1.82) is 0 Å². The second kappa shape index (κ2) is 5.82. The lowest BCUT2D eigenvalue weighted by atomic mass is 10.1. The Labute approximate surface area is 110 Å². The highest BCUT2D eigenvalue weighted by Gasteiger charge is 2.17. The zero-order valence-corrected chi connectivity index (χ0v) is 10.2. The molecule has 0 aromatic heterocycles. The SMILES string of the molecule is O=Cc1ccccc1N(Cc1ccccc1)C(=O)O. The molecule has 0 saturated heterocycles. The third kappa shape index (κ3) is 2.98. The van der Waals surface area contributed by atoms with Crippen LogP contribution in [0.4, 0.5) is 10.5 Å². The van der Waals surface area contributed by atoms with Crippen LogP contribution in [0, 0.1) is 0 Å². The molecule has 4 heteroatoms. The Balaban J connectivity index is 2.35. The van der Waals surface area contributed by atoms with Gasteiger partial charge in [-0.15, -0.1) is 0 Å². The summed E-state index contributed by atoms with van der Waals surface area (Å²) in [6.45, 7) is 0.209. The molecule has 2 rings (SSSR count). The van der Waals surface area contributed by atoms with Gasteiger partial charge in [-0.1, -0.05) is 42.5 Å². The van der Waals surface area contributed by atoms with Gasteiger partial charge in [-0.2, -0.15) is 0 Å². The smallest absolute Gasteiger partial charge is 0.412 e. The van der Waals surface area contributed by atoms with Gasteiger partial charge in [-0.3, -0.25) is 9.69 Å². The van der Waals surface area contributed by atoms with Gasteiger partial charge in [0, 0.05) is 5.56 Å². The summed E-state index contributed by atoms with van der Waals surface area (Å²) in [5, 5.41) is 9.32. The lowest BCUT2D eigenvalue weighted by Gasteiger charge is -2.20. The molecule has 1 N–H and O–H groups in total. The van der Waals surface area contributed by atoms with Crippen molar-refractivity contribution in [1.82, 2.24) is 0 Å². The van der Waals surface area contributed by atoms with E-state index in [0.717, 1.165) is 5.56 Å². The summed E-state index contributed by atoms with van der Waals surface area (Å²) in [7, 11) is 0. The number of carbonyl (C=O) groups excluding carboxylic acids is 1. The zero-order chi connectivity index (χ0) is 13.7. The highest BCUT2D eigenvalue weighted by molar-refractivity contribution is 5.94. The molecule has 0 heterocycles. The summed E-state index contributed by atoms with van der Waals surface area (Å²) >= 11 is 0. The first-order valence-electron chi connectivity index (χ1n) is 5.81. The summed E-state index contributed by atoms with van der Waals surface area (Å²) in [6, 6.07) is 15.9. The number of aldehydes is 1. The Kier molecular flexibility index (Phi) is 3.93. The number of carbonyl (C=O) groups is 2. The number of carboxylic acid groups (broad SMARTS) is 1. The van der Waals surface area contributed by atoms with Crippen molar-refractivity contribution >= 4 is 18.1 Å². The fourth-order valence-corrected chi connectivity index (χ4v) is 1.85. The predicted octanol–water partition coefficient (Wildman–Crippen LogP) is 3.18. The van der Waals surface area contributed by atoms with Gasteiger partial charge in [0.2, 0.25) is 0 Å². The van der Waals surface area contributed by atoms with Crippen LogP contribution in [-0.2, 0) is 6.54 Å². The summed E-state index contributed by atoms with van der Waals surface area (Å²) < 4.78 is 0. The minimum atomic E-state index is -1.09. The molecule has 19 heavy (non-hydrogen) atoms. The summed E-state index contributed by atoms with van der Waals surface area (Å²) in [5.74, 6) is 0. The highest BCUT2D eigenvalue weighted by Crippen LogP contribution is 2.21. The molecule has 0 spiro atoms. The number of hydrogen-bond acceptors (Lipinski definition) is 2. The van der Waals surface area contributed by atoms with Crippen molar-refractivity contribution in [3.63, 3.8) is 0 Å². The number of hydrogen-bond donors (Lipinski definition) is 1. The van der Waals surface area contributed by atoms with E-state index in [1.807, 2.05) is 30.3 Å². The van der Waals surface area contributed by atoms with Crippen LogP contribution in [0.5, 0.6) is 0 Å². The largest absolute Gasteiger partial charge is 0.465 e. The van der Waals surface area contributed by atoms with Crippen molar-refractivity contribution in [2.24, 2.45) is 0 Å². The van der Waals surface area contributed by atoms with Crippen LogP contribution in [-0.4, -0.2) is 17.5 Å². The first kappa shape index (κ1) is 12.8. The molecule has 0 fully saturated rings. The maximum absolute atomic E-state index is 11.4. The van der Waals surface area contributed by atoms with E-state index < -0.39 is 6.09 Å². The van der Waals surface area contributed by atoms with Crippen molar-refractivity contribution in [2.45, 2.75) is 6.54 Å². The van der Waals surface area contributed by atoms with Crippen LogP contribution in [0.15, 0.2) is 54.6 Å². The van der Waals surface area contributed by atoms with Crippen molar-refractivity contribution < 1.29 is 14.7 Å². The van der Waals surface area contributed by atoms with Crippen LogP contribution in [0.1, 0.15) is 15.9 Å². The van der Waals surface area contributed by atoms with Crippen LogP contribution in [0.2, 0.25) is 0 Å². The molecule has 0 aliphatic heterocycles. The average Bonchev–Trinajstić information content (AvgIpc) is 2.45. The number of rotatable bonds is 4. The fourth-order valence-electron chi connectivity index (χ4n) is 1.85. The molecule has 0 radical (unpaired) electrons. The second-order valence-electron chi connectivity index (χ2n) is 4.03. The van der Waals surface area contributed by atoms with Gasteiger partial charge in [0.05, 0.1) is 12.2 Å². The lowest BCUT2D eigenvalue weighted by Crippen LogP contribution is -2.29. The third-order valence-electron chi connectivity index (χ3n) is 2.77. The Bertz CT molecular complexity index is 581. The predicted molar refractivity (Wildman–Crippen MR) is 72.5 cm³/mol.